The molecule has 0 amide bonds. The largest absolute Gasteiger partial charge is 0.496 e. The first kappa shape index (κ1) is 22.5. The van der Waals surface area contributed by atoms with Crippen LogP contribution in [0.3, 0.4) is 0 Å². The van der Waals surface area contributed by atoms with Crippen molar-refractivity contribution in [3.05, 3.63) is 46.3 Å². The second kappa shape index (κ2) is 9.32. The predicted octanol–water partition coefficient (Wildman–Crippen LogP) is 4.35. The van der Waals surface area contributed by atoms with Crippen molar-refractivity contribution in [2.45, 2.75) is 33.6 Å². The summed E-state index contributed by atoms with van der Waals surface area (Å²) in [5.74, 6) is -0.545. The number of aromatic carboxylic acids is 1. The molecule has 0 atom stereocenters. The highest BCUT2D eigenvalue weighted by atomic mass is 16.5. The number of pyridine rings is 2. The molecule has 0 saturated heterocycles. The minimum Gasteiger partial charge on any atom is -0.496 e. The van der Waals surface area contributed by atoms with Crippen molar-refractivity contribution in [2.75, 3.05) is 13.7 Å². The fourth-order valence-electron chi connectivity index (χ4n) is 3.74. The number of aryl methyl sites for hydroxylation is 3. The maximum Gasteiger partial charge on any atom is 0.338 e. The molecule has 0 fully saturated rings. The number of hydrogen-bond donors (Lipinski definition) is 1. The Morgan fingerprint density at radius 3 is 2.56 bits per heavy atom. The SMILES string of the molecule is CCOc1nc(CCC#N)c(C)c2nc(C)c(C(=O)O)c(-c3ccc(C#N)cc3OC)c12. The molecular formula is C24H22N4O4. The van der Waals surface area contributed by atoms with E-state index in [-0.39, 0.29) is 17.9 Å². The molecule has 2 heterocycles. The maximum atomic E-state index is 12.3. The number of carbonyl (C=O) groups is 1. The van der Waals surface area contributed by atoms with Gasteiger partial charge in [-0.1, -0.05) is 0 Å². The number of fused-ring (bicyclic) bond motifs is 1. The predicted molar refractivity (Wildman–Crippen MR) is 118 cm³/mol. The van der Waals surface area contributed by atoms with E-state index in [4.69, 9.17) is 14.7 Å². The van der Waals surface area contributed by atoms with Gasteiger partial charge in [0.05, 0.1) is 59.3 Å². The van der Waals surface area contributed by atoms with Crippen LogP contribution in [0.4, 0.5) is 0 Å². The van der Waals surface area contributed by atoms with Crippen molar-refractivity contribution in [2.24, 2.45) is 0 Å². The topological polar surface area (TPSA) is 129 Å². The van der Waals surface area contributed by atoms with E-state index < -0.39 is 5.97 Å². The number of nitriles is 2. The van der Waals surface area contributed by atoms with Gasteiger partial charge in [-0.3, -0.25) is 4.98 Å². The van der Waals surface area contributed by atoms with Crippen LogP contribution in [0.2, 0.25) is 0 Å². The van der Waals surface area contributed by atoms with Crippen molar-refractivity contribution in [1.29, 1.82) is 10.5 Å². The third-order valence-electron chi connectivity index (χ3n) is 5.19. The highest BCUT2D eigenvalue weighted by Gasteiger charge is 2.27. The van der Waals surface area contributed by atoms with Gasteiger partial charge in [0.25, 0.3) is 0 Å². The summed E-state index contributed by atoms with van der Waals surface area (Å²) in [5.41, 5.74) is 3.57. The Hall–Kier alpha value is -4.17. The third-order valence-corrected chi connectivity index (χ3v) is 5.19. The van der Waals surface area contributed by atoms with Gasteiger partial charge in [-0.2, -0.15) is 10.5 Å². The number of rotatable bonds is 7. The van der Waals surface area contributed by atoms with Gasteiger partial charge < -0.3 is 14.6 Å². The molecule has 1 N–H and O–H groups in total. The lowest BCUT2D eigenvalue weighted by atomic mass is 9.92. The molecule has 0 bridgehead atoms. The fraction of sp³-hybridized carbons (Fsp3) is 0.292. The van der Waals surface area contributed by atoms with Gasteiger partial charge in [-0.05, 0) is 44.5 Å². The van der Waals surface area contributed by atoms with Crippen molar-refractivity contribution in [3.8, 4) is 34.9 Å². The lowest BCUT2D eigenvalue weighted by molar-refractivity contribution is 0.0696. The molecule has 162 valence electrons. The van der Waals surface area contributed by atoms with Crippen LogP contribution >= 0.6 is 0 Å². The summed E-state index contributed by atoms with van der Waals surface area (Å²) in [4.78, 5) is 21.6. The molecule has 8 nitrogen and oxygen atoms in total. The standard InChI is InChI=1S/C24H22N4O4/c1-5-32-23-21-20(16-9-8-15(12-26)11-18(16)31-4)19(24(29)30)14(3)27-22(21)13(2)17(28-23)7-6-10-25/h8-9,11H,5-7H2,1-4H3,(H,29,30). The first-order valence-corrected chi connectivity index (χ1v) is 10.0. The molecule has 0 unspecified atom stereocenters. The van der Waals surface area contributed by atoms with Crippen molar-refractivity contribution in [1.82, 2.24) is 9.97 Å². The van der Waals surface area contributed by atoms with E-state index in [1.54, 1.807) is 25.1 Å². The molecule has 3 aromatic rings. The van der Waals surface area contributed by atoms with E-state index in [1.807, 2.05) is 13.8 Å². The molecular weight excluding hydrogens is 408 g/mol. The summed E-state index contributed by atoms with van der Waals surface area (Å²) in [6.07, 6.45) is 0.711. The first-order chi connectivity index (χ1) is 15.4. The molecule has 32 heavy (non-hydrogen) atoms. The van der Waals surface area contributed by atoms with Gasteiger partial charge >= 0.3 is 5.97 Å². The normalized spacial score (nSPS) is 10.4. The number of methoxy groups -OCH3 is 1. The van der Waals surface area contributed by atoms with Crippen LogP contribution in [-0.4, -0.2) is 34.8 Å². The van der Waals surface area contributed by atoms with Crippen LogP contribution in [0.25, 0.3) is 22.0 Å². The second-order valence-corrected chi connectivity index (χ2v) is 7.08. The molecule has 1 aromatic carbocycles. The van der Waals surface area contributed by atoms with Crippen LogP contribution in [0.1, 0.15) is 46.2 Å². The van der Waals surface area contributed by atoms with Crippen molar-refractivity contribution in [3.63, 3.8) is 0 Å². The summed E-state index contributed by atoms with van der Waals surface area (Å²) in [5, 5.41) is 28.8. The lowest BCUT2D eigenvalue weighted by Crippen LogP contribution is -2.10. The molecule has 0 aliphatic heterocycles. The zero-order chi connectivity index (χ0) is 23.4. The zero-order valence-electron chi connectivity index (χ0n) is 18.3. The fourth-order valence-corrected chi connectivity index (χ4v) is 3.74. The minimum absolute atomic E-state index is 0.00688. The number of hydrogen-bond acceptors (Lipinski definition) is 7. The summed E-state index contributed by atoms with van der Waals surface area (Å²) < 4.78 is 11.3. The number of aromatic nitrogens is 2. The van der Waals surface area contributed by atoms with Gasteiger partial charge in [0.2, 0.25) is 5.88 Å². The maximum absolute atomic E-state index is 12.3. The van der Waals surface area contributed by atoms with Crippen molar-refractivity contribution >= 4 is 16.9 Å². The Labute approximate surface area is 185 Å². The Morgan fingerprint density at radius 2 is 1.97 bits per heavy atom. The molecule has 0 saturated carbocycles. The van der Waals surface area contributed by atoms with Crippen LogP contribution in [0.5, 0.6) is 11.6 Å². The van der Waals surface area contributed by atoms with Crippen LogP contribution in [0.15, 0.2) is 18.2 Å². The Bertz CT molecular complexity index is 1300. The van der Waals surface area contributed by atoms with Gasteiger partial charge in [0.15, 0.2) is 0 Å². The number of ether oxygens (including phenoxy) is 2. The van der Waals surface area contributed by atoms with E-state index >= 15 is 0 Å². The van der Waals surface area contributed by atoms with E-state index in [2.05, 4.69) is 22.1 Å². The molecule has 0 aliphatic rings. The van der Waals surface area contributed by atoms with E-state index in [9.17, 15) is 15.2 Å². The molecule has 2 aromatic heterocycles. The van der Waals surface area contributed by atoms with E-state index in [0.29, 0.717) is 57.8 Å². The van der Waals surface area contributed by atoms with Gasteiger partial charge in [0.1, 0.15) is 5.75 Å². The van der Waals surface area contributed by atoms with Crippen molar-refractivity contribution < 1.29 is 19.4 Å². The zero-order valence-corrected chi connectivity index (χ0v) is 18.3. The second-order valence-electron chi connectivity index (χ2n) is 7.08. The van der Waals surface area contributed by atoms with Gasteiger partial charge in [-0.25, -0.2) is 9.78 Å². The number of carboxylic acid groups (broad SMARTS) is 1. The molecule has 0 spiro atoms. The number of carboxylic acids is 1. The summed E-state index contributed by atoms with van der Waals surface area (Å²) in [6.45, 7) is 5.61. The molecule has 0 aliphatic carbocycles. The smallest absolute Gasteiger partial charge is 0.338 e. The van der Waals surface area contributed by atoms with Gasteiger partial charge in [0, 0.05) is 24.0 Å². The van der Waals surface area contributed by atoms with Crippen LogP contribution in [0, 0.1) is 36.5 Å². The first-order valence-electron chi connectivity index (χ1n) is 10.0. The third kappa shape index (κ3) is 3.91. The average molecular weight is 430 g/mol. The van der Waals surface area contributed by atoms with Crippen LogP contribution < -0.4 is 9.47 Å². The molecule has 8 heteroatoms. The Balaban J connectivity index is 2.55. The van der Waals surface area contributed by atoms with E-state index in [1.165, 1.54) is 7.11 Å². The summed E-state index contributed by atoms with van der Waals surface area (Å²) in [7, 11) is 1.46. The Morgan fingerprint density at radius 1 is 1.22 bits per heavy atom. The lowest BCUT2D eigenvalue weighted by Gasteiger charge is -2.20. The summed E-state index contributed by atoms with van der Waals surface area (Å²) >= 11 is 0. The quantitative estimate of drug-likeness (QED) is 0.586. The summed E-state index contributed by atoms with van der Waals surface area (Å²) in [6, 6.07) is 9.01. The van der Waals surface area contributed by atoms with E-state index in [0.717, 1.165) is 5.56 Å². The highest BCUT2D eigenvalue weighted by Crippen LogP contribution is 2.43. The number of nitrogens with zero attached hydrogens (tertiary/aromatic N) is 4. The monoisotopic (exact) mass is 430 g/mol. The van der Waals surface area contributed by atoms with Gasteiger partial charge in [-0.15, -0.1) is 0 Å². The average Bonchev–Trinajstić information content (AvgIpc) is 2.78. The van der Waals surface area contributed by atoms with Crippen LogP contribution in [-0.2, 0) is 6.42 Å². The Kier molecular flexibility index (Phi) is 6.56. The molecule has 0 radical (unpaired) electrons. The minimum atomic E-state index is -1.15. The highest BCUT2D eigenvalue weighted by molar-refractivity contribution is 6.10. The number of benzene rings is 1. The molecule has 3 rings (SSSR count).